The van der Waals surface area contributed by atoms with E-state index >= 15 is 0 Å². The van der Waals surface area contributed by atoms with E-state index in [0.717, 1.165) is 32.4 Å². The first-order valence-electron chi connectivity index (χ1n) is 7.48. The Kier molecular flexibility index (Phi) is 5.51. The number of rotatable bonds is 6. The summed E-state index contributed by atoms with van der Waals surface area (Å²) in [5.74, 6) is -3.10. The number of aromatic carboxylic acids is 1. The van der Waals surface area contributed by atoms with Crippen molar-refractivity contribution in [3.63, 3.8) is 0 Å². The zero-order valence-electron chi connectivity index (χ0n) is 12.7. The van der Waals surface area contributed by atoms with Crippen LogP contribution in [-0.2, 0) is 17.8 Å². The van der Waals surface area contributed by atoms with Gasteiger partial charge in [-0.25, -0.2) is 9.59 Å². The van der Waals surface area contributed by atoms with Crippen molar-refractivity contribution in [2.75, 3.05) is 13.1 Å². The van der Waals surface area contributed by atoms with Gasteiger partial charge in [-0.3, -0.25) is 9.69 Å². The highest BCUT2D eigenvalue weighted by molar-refractivity contribution is 5.84. The monoisotopic (exact) mass is 324 g/mol. The Hall–Kier alpha value is -2.19. The number of aliphatic carboxylic acids is 1. The van der Waals surface area contributed by atoms with Gasteiger partial charge in [-0.05, 0) is 44.0 Å². The van der Waals surface area contributed by atoms with Crippen LogP contribution in [0.25, 0.3) is 0 Å². The number of nitrogens with zero attached hydrogens (tertiary/aromatic N) is 1. The van der Waals surface area contributed by atoms with Gasteiger partial charge in [-0.15, -0.1) is 0 Å². The molecule has 0 amide bonds. The van der Waals surface area contributed by atoms with Crippen molar-refractivity contribution in [1.29, 1.82) is 0 Å². The van der Waals surface area contributed by atoms with Crippen LogP contribution in [0, 0.1) is 0 Å². The predicted octanol–water partition coefficient (Wildman–Crippen LogP) is 0.278. The third kappa shape index (κ3) is 4.40. The molecule has 1 unspecified atom stereocenters. The fourth-order valence-corrected chi connectivity index (χ4v) is 2.69. The minimum absolute atomic E-state index is 0.121. The van der Waals surface area contributed by atoms with Crippen molar-refractivity contribution >= 4 is 11.9 Å². The normalized spacial score (nSPS) is 16.9. The first-order valence-corrected chi connectivity index (χ1v) is 7.48. The lowest BCUT2D eigenvalue weighted by Crippen LogP contribution is -2.35. The lowest BCUT2D eigenvalue weighted by Gasteiger charge is -2.26. The van der Waals surface area contributed by atoms with Crippen molar-refractivity contribution in [1.82, 2.24) is 4.90 Å². The van der Waals surface area contributed by atoms with Crippen LogP contribution in [0.5, 0.6) is 0 Å². The Labute approximate surface area is 132 Å². The first-order chi connectivity index (χ1) is 10.9. The van der Waals surface area contributed by atoms with Gasteiger partial charge in [0, 0.05) is 6.54 Å². The second-order valence-corrected chi connectivity index (χ2v) is 5.69. The molecule has 8 nitrogen and oxygen atoms in total. The van der Waals surface area contributed by atoms with Crippen LogP contribution < -0.4 is 11.4 Å². The highest BCUT2D eigenvalue weighted by atomic mass is 16.4. The lowest BCUT2D eigenvalue weighted by atomic mass is 10.0. The summed E-state index contributed by atoms with van der Waals surface area (Å²) >= 11 is 0. The summed E-state index contributed by atoms with van der Waals surface area (Å²) in [5, 5.41) is 17.9. The molecule has 8 heteroatoms. The van der Waals surface area contributed by atoms with Gasteiger partial charge < -0.3 is 20.4 Å². The molecule has 2 rings (SSSR count). The van der Waals surface area contributed by atoms with Crippen LogP contribution in [0.15, 0.2) is 15.3 Å². The molecule has 126 valence electrons. The summed E-state index contributed by atoms with van der Waals surface area (Å²) in [5.41, 5.74) is 5.39. The summed E-state index contributed by atoms with van der Waals surface area (Å²) in [7, 11) is 0. The van der Waals surface area contributed by atoms with Crippen molar-refractivity contribution in [3.05, 3.63) is 33.4 Å². The molecule has 0 aliphatic carbocycles. The maximum Gasteiger partial charge on any atom is 0.371 e. The van der Waals surface area contributed by atoms with E-state index in [1.807, 2.05) is 0 Å². The van der Waals surface area contributed by atoms with E-state index in [4.69, 9.17) is 20.4 Å². The summed E-state index contributed by atoms with van der Waals surface area (Å²) < 4.78 is 4.82. The molecule has 1 aliphatic rings. The minimum Gasteiger partial charge on any atom is -0.480 e. The van der Waals surface area contributed by atoms with E-state index in [1.165, 1.54) is 6.07 Å². The van der Waals surface area contributed by atoms with Crippen molar-refractivity contribution in [2.24, 2.45) is 5.73 Å². The number of likely N-dealkylation sites (tertiary alicyclic amines) is 1. The van der Waals surface area contributed by atoms with Gasteiger partial charge >= 0.3 is 17.6 Å². The number of piperidine rings is 1. The van der Waals surface area contributed by atoms with E-state index in [1.54, 1.807) is 0 Å². The molecule has 1 saturated heterocycles. The van der Waals surface area contributed by atoms with Gasteiger partial charge in [0.05, 0.1) is 5.56 Å². The number of nitrogens with two attached hydrogens (primary N) is 1. The minimum atomic E-state index is -1.38. The van der Waals surface area contributed by atoms with E-state index in [-0.39, 0.29) is 12.0 Å². The Morgan fingerprint density at radius 2 is 1.91 bits per heavy atom. The van der Waals surface area contributed by atoms with Gasteiger partial charge in [0.25, 0.3) is 0 Å². The SMILES string of the molecule is NC(Cc1cc(C(=O)O)oc(=O)c1CN1CCCCC1)C(=O)O. The molecular formula is C15H20N2O6. The van der Waals surface area contributed by atoms with Gasteiger partial charge in [-0.2, -0.15) is 0 Å². The van der Waals surface area contributed by atoms with Gasteiger partial charge in [0.2, 0.25) is 5.76 Å². The third-order valence-electron chi connectivity index (χ3n) is 3.94. The fourth-order valence-electron chi connectivity index (χ4n) is 2.69. The average Bonchev–Trinajstić information content (AvgIpc) is 2.51. The Morgan fingerprint density at radius 3 is 2.48 bits per heavy atom. The highest BCUT2D eigenvalue weighted by Crippen LogP contribution is 2.16. The number of carbonyl (C=O) groups is 2. The van der Waals surface area contributed by atoms with Crippen LogP contribution in [0.1, 0.15) is 40.9 Å². The van der Waals surface area contributed by atoms with Crippen LogP contribution >= 0.6 is 0 Å². The molecule has 0 spiro atoms. The first kappa shape index (κ1) is 17.2. The number of carboxylic acids is 2. The molecule has 23 heavy (non-hydrogen) atoms. The molecule has 0 radical (unpaired) electrons. The molecule has 0 aromatic carbocycles. The number of hydrogen-bond donors (Lipinski definition) is 3. The van der Waals surface area contributed by atoms with Crippen LogP contribution in [0.3, 0.4) is 0 Å². The standard InChI is InChI=1S/C15H20N2O6/c16-11(13(18)19)6-9-7-12(14(20)21)23-15(22)10(9)8-17-4-2-1-3-5-17/h7,11H,1-6,8,16H2,(H,18,19)(H,20,21). The van der Waals surface area contributed by atoms with E-state index in [2.05, 4.69) is 4.90 Å². The molecule has 0 bridgehead atoms. The molecular weight excluding hydrogens is 304 g/mol. The Morgan fingerprint density at radius 1 is 1.26 bits per heavy atom. The molecule has 1 aromatic heterocycles. The summed E-state index contributed by atoms with van der Waals surface area (Å²) in [6, 6.07) is -0.00946. The molecule has 0 saturated carbocycles. The van der Waals surface area contributed by atoms with Crippen LogP contribution in [0.4, 0.5) is 0 Å². The number of hydrogen-bond acceptors (Lipinski definition) is 6. The summed E-state index contributed by atoms with van der Waals surface area (Å²) in [6.45, 7) is 1.99. The van der Waals surface area contributed by atoms with Gasteiger partial charge in [0.1, 0.15) is 6.04 Å². The maximum atomic E-state index is 12.1. The zero-order chi connectivity index (χ0) is 17.0. The molecule has 1 atom stereocenters. The summed E-state index contributed by atoms with van der Waals surface area (Å²) in [4.78, 5) is 36.2. The number of carboxylic acid groups (broad SMARTS) is 2. The largest absolute Gasteiger partial charge is 0.480 e. The highest BCUT2D eigenvalue weighted by Gasteiger charge is 2.22. The summed E-state index contributed by atoms with van der Waals surface area (Å²) in [6.07, 6.45) is 3.08. The lowest BCUT2D eigenvalue weighted by molar-refractivity contribution is -0.138. The molecule has 1 aromatic rings. The van der Waals surface area contributed by atoms with Crippen molar-refractivity contribution in [2.45, 2.75) is 38.3 Å². The zero-order valence-corrected chi connectivity index (χ0v) is 12.7. The molecule has 4 N–H and O–H groups in total. The maximum absolute atomic E-state index is 12.1. The van der Waals surface area contributed by atoms with E-state index in [0.29, 0.717) is 12.1 Å². The Bertz CT molecular complexity index is 648. The molecule has 1 aliphatic heterocycles. The topological polar surface area (TPSA) is 134 Å². The molecule has 1 fully saturated rings. The molecule has 2 heterocycles. The fraction of sp³-hybridized carbons (Fsp3) is 0.533. The van der Waals surface area contributed by atoms with Crippen molar-refractivity contribution in [3.8, 4) is 0 Å². The second-order valence-electron chi connectivity index (χ2n) is 5.69. The average molecular weight is 324 g/mol. The predicted molar refractivity (Wildman–Crippen MR) is 80.4 cm³/mol. The van der Waals surface area contributed by atoms with Crippen molar-refractivity contribution < 1.29 is 24.2 Å². The van der Waals surface area contributed by atoms with Gasteiger partial charge in [-0.1, -0.05) is 6.42 Å². The van der Waals surface area contributed by atoms with Crippen LogP contribution in [0.2, 0.25) is 0 Å². The quantitative estimate of drug-likeness (QED) is 0.679. The Balaban J connectivity index is 2.35. The van der Waals surface area contributed by atoms with E-state index < -0.39 is 29.4 Å². The van der Waals surface area contributed by atoms with E-state index in [9.17, 15) is 14.4 Å². The van der Waals surface area contributed by atoms with Crippen LogP contribution in [-0.4, -0.2) is 46.2 Å². The smallest absolute Gasteiger partial charge is 0.371 e. The van der Waals surface area contributed by atoms with Gasteiger partial charge in [0.15, 0.2) is 0 Å². The third-order valence-corrected chi connectivity index (χ3v) is 3.94. The second kappa shape index (κ2) is 7.38.